The predicted molar refractivity (Wildman–Crippen MR) is 67.1 cm³/mol. The summed E-state index contributed by atoms with van der Waals surface area (Å²) in [5.41, 5.74) is 6.69. The normalized spacial score (nSPS) is 12.4. The van der Waals surface area contributed by atoms with E-state index in [4.69, 9.17) is 26.5 Å². The Balaban J connectivity index is 2.05. The summed E-state index contributed by atoms with van der Waals surface area (Å²) in [5.74, 6) is 1.48. The SMILES string of the molecule is CC(N)c1ccc(OCc2ccco2)cc1Cl. The molecular weight excluding hydrogens is 238 g/mol. The molecule has 0 aliphatic rings. The highest BCUT2D eigenvalue weighted by Crippen LogP contribution is 2.26. The Morgan fingerprint density at radius 2 is 2.24 bits per heavy atom. The maximum atomic E-state index is 6.10. The maximum absolute atomic E-state index is 6.10. The molecule has 0 bridgehead atoms. The second-order valence-corrected chi connectivity index (χ2v) is 4.25. The zero-order chi connectivity index (χ0) is 12.3. The third-order valence-corrected chi connectivity index (χ3v) is 2.75. The van der Waals surface area contributed by atoms with Crippen LogP contribution < -0.4 is 10.5 Å². The van der Waals surface area contributed by atoms with Gasteiger partial charge in [0.05, 0.1) is 6.26 Å². The van der Waals surface area contributed by atoms with E-state index in [-0.39, 0.29) is 6.04 Å². The van der Waals surface area contributed by atoms with Gasteiger partial charge >= 0.3 is 0 Å². The summed E-state index contributed by atoms with van der Waals surface area (Å²) >= 11 is 6.10. The first-order valence-electron chi connectivity index (χ1n) is 5.37. The van der Waals surface area contributed by atoms with Crippen LogP contribution in [0, 0.1) is 0 Å². The molecule has 1 aromatic heterocycles. The van der Waals surface area contributed by atoms with Gasteiger partial charge in [-0.2, -0.15) is 0 Å². The third-order valence-electron chi connectivity index (χ3n) is 2.42. The van der Waals surface area contributed by atoms with Crippen molar-refractivity contribution in [1.82, 2.24) is 0 Å². The molecule has 0 radical (unpaired) electrons. The second kappa shape index (κ2) is 5.25. The quantitative estimate of drug-likeness (QED) is 0.904. The van der Waals surface area contributed by atoms with Crippen molar-refractivity contribution in [3.8, 4) is 5.75 Å². The highest BCUT2D eigenvalue weighted by molar-refractivity contribution is 6.31. The third kappa shape index (κ3) is 3.02. The monoisotopic (exact) mass is 251 g/mol. The second-order valence-electron chi connectivity index (χ2n) is 3.84. The molecule has 0 spiro atoms. The van der Waals surface area contributed by atoms with Crippen molar-refractivity contribution >= 4 is 11.6 Å². The van der Waals surface area contributed by atoms with Crippen molar-refractivity contribution in [2.45, 2.75) is 19.6 Å². The van der Waals surface area contributed by atoms with Crippen molar-refractivity contribution in [1.29, 1.82) is 0 Å². The molecule has 0 amide bonds. The number of hydrogen-bond acceptors (Lipinski definition) is 3. The van der Waals surface area contributed by atoms with Gasteiger partial charge in [0.25, 0.3) is 0 Å². The summed E-state index contributed by atoms with van der Waals surface area (Å²) in [4.78, 5) is 0. The maximum Gasteiger partial charge on any atom is 0.146 e. The highest BCUT2D eigenvalue weighted by atomic mass is 35.5. The molecule has 2 N–H and O–H groups in total. The fourth-order valence-electron chi connectivity index (χ4n) is 1.52. The minimum atomic E-state index is -0.0818. The molecule has 0 fully saturated rings. The molecule has 1 heterocycles. The molecule has 2 aromatic rings. The van der Waals surface area contributed by atoms with Gasteiger partial charge in [0.2, 0.25) is 0 Å². The number of benzene rings is 1. The molecule has 0 aliphatic heterocycles. The van der Waals surface area contributed by atoms with E-state index in [0.29, 0.717) is 17.4 Å². The molecular formula is C13H14ClNO2. The summed E-state index contributed by atoms with van der Waals surface area (Å²) in [6, 6.07) is 9.10. The van der Waals surface area contributed by atoms with Crippen LogP contribution in [0.3, 0.4) is 0 Å². The number of nitrogens with two attached hydrogens (primary N) is 1. The van der Waals surface area contributed by atoms with Gasteiger partial charge < -0.3 is 14.9 Å². The average molecular weight is 252 g/mol. The summed E-state index contributed by atoms with van der Waals surface area (Å²) in [5, 5.41) is 0.622. The van der Waals surface area contributed by atoms with E-state index >= 15 is 0 Å². The van der Waals surface area contributed by atoms with Crippen LogP contribution in [0.5, 0.6) is 5.75 Å². The fraction of sp³-hybridized carbons (Fsp3) is 0.231. The topological polar surface area (TPSA) is 48.4 Å². The Hall–Kier alpha value is -1.45. The molecule has 1 unspecified atom stereocenters. The summed E-state index contributed by atoms with van der Waals surface area (Å²) in [7, 11) is 0. The molecule has 17 heavy (non-hydrogen) atoms. The first-order chi connectivity index (χ1) is 8.16. The number of ether oxygens (including phenoxy) is 1. The number of furan rings is 1. The largest absolute Gasteiger partial charge is 0.486 e. The molecule has 0 saturated carbocycles. The van der Waals surface area contributed by atoms with E-state index in [1.54, 1.807) is 12.3 Å². The van der Waals surface area contributed by atoms with Crippen LogP contribution in [0.2, 0.25) is 5.02 Å². The van der Waals surface area contributed by atoms with Crippen molar-refractivity contribution in [3.63, 3.8) is 0 Å². The van der Waals surface area contributed by atoms with Crippen LogP contribution in [0.15, 0.2) is 41.0 Å². The Bertz CT molecular complexity index is 480. The van der Waals surface area contributed by atoms with E-state index in [0.717, 1.165) is 11.3 Å². The Morgan fingerprint density at radius 3 is 2.82 bits per heavy atom. The van der Waals surface area contributed by atoms with Crippen LogP contribution in [-0.2, 0) is 6.61 Å². The van der Waals surface area contributed by atoms with Crippen molar-refractivity contribution < 1.29 is 9.15 Å². The summed E-state index contributed by atoms with van der Waals surface area (Å²) in [6.45, 7) is 2.28. The lowest BCUT2D eigenvalue weighted by molar-refractivity contribution is 0.270. The van der Waals surface area contributed by atoms with Gasteiger partial charge in [0.1, 0.15) is 18.1 Å². The van der Waals surface area contributed by atoms with E-state index < -0.39 is 0 Å². The molecule has 1 aromatic carbocycles. The molecule has 1 atom stereocenters. The minimum absolute atomic E-state index is 0.0818. The van der Waals surface area contributed by atoms with E-state index in [1.807, 2.05) is 31.2 Å². The van der Waals surface area contributed by atoms with Crippen molar-refractivity contribution in [2.24, 2.45) is 5.73 Å². The molecule has 4 heteroatoms. The lowest BCUT2D eigenvalue weighted by Crippen LogP contribution is -2.05. The van der Waals surface area contributed by atoms with Crippen LogP contribution in [-0.4, -0.2) is 0 Å². The summed E-state index contributed by atoms with van der Waals surface area (Å²) in [6.07, 6.45) is 1.62. The minimum Gasteiger partial charge on any atom is -0.486 e. The summed E-state index contributed by atoms with van der Waals surface area (Å²) < 4.78 is 10.7. The zero-order valence-corrected chi connectivity index (χ0v) is 10.3. The fourth-order valence-corrected chi connectivity index (χ4v) is 1.86. The smallest absolute Gasteiger partial charge is 0.146 e. The Morgan fingerprint density at radius 1 is 1.41 bits per heavy atom. The standard InChI is InChI=1S/C13H14ClNO2/c1-9(15)12-5-4-10(7-13(12)14)17-8-11-3-2-6-16-11/h2-7,9H,8,15H2,1H3. The van der Waals surface area contributed by atoms with Gasteiger partial charge in [-0.3, -0.25) is 0 Å². The lowest BCUT2D eigenvalue weighted by Gasteiger charge is -2.10. The van der Waals surface area contributed by atoms with Crippen LogP contribution >= 0.6 is 11.6 Å². The van der Waals surface area contributed by atoms with Crippen molar-refractivity contribution in [3.05, 3.63) is 52.9 Å². The van der Waals surface area contributed by atoms with E-state index in [1.165, 1.54) is 0 Å². The van der Waals surface area contributed by atoms with E-state index in [2.05, 4.69) is 0 Å². The lowest BCUT2D eigenvalue weighted by atomic mass is 10.1. The average Bonchev–Trinajstić information content (AvgIpc) is 2.78. The molecule has 0 saturated heterocycles. The highest BCUT2D eigenvalue weighted by Gasteiger charge is 2.07. The number of hydrogen-bond donors (Lipinski definition) is 1. The predicted octanol–water partition coefficient (Wildman–Crippen LogP) is 3.53. The zero-order valence-electron chi connectivity index (χ0n) is 9.52. The van der Waals surface area contributed by atoms with E-state index in [9.17, 15) is 0 Å². The van der Waals surface area contributed by atoms with Gasteiger partial charge in [-0.05, 0) is 36.8 Å². The van der Waals surface area contributed by atoms with Gasteiger partial charge in [-0.15, -0.1) is 0 Å². The van der Waals surface area contributed by atoms with Gasteiger partial charge in [0.15, 0.2) is 0 Å². The molecule has 3 nitrogen and oxygen atoms in total. The van der Waals surface area contributed by atoms with Crippen molar-refractivity contribution in [2.75, 3.05) is 0 Å². The van der Waals surface area contributed by atoms with Crippen LogP contribution in [0.25, 0.3) is 0 Å². The first-order valence-corrected chi connectivity index (χ1v) is 5.75. The first kappa shape index (κ1) is 12.0. The number of halogens is 1. The Kier molecular flexibility index (Phi) is 3.71. The molecule has 0 aliphatic carbocycles. The molecule has 2 rings (SSSR count). The van der Waals surface area contributed by atoms with Crippen LogP contribution in [0.1, 0.15) is 24.3 Å². The van der Waals surface area contributed by atoms with Gasteiger partial charge in [-0.25, -0.2) is 0 Å². The molecule has 90 valence electrons. The van der Waals surface area contributed by atoms with Crippen LogP contribution in [0.4, 0.5) is 0 Å². The Labute approximate surface area is 105 Å². The van der Waals surface area contributed by atoms with Gasteiger partial charge in [0, 0.05) is 11.1 Å². The van der Waals surface area contributed by atoms with Gasteiger partial charge in [-0.1, -0.05) is 17.7 Å². The number of rotatable bonds is 4.